The first-order chi connectivity index (χ1) is 7.57. The van der Waals surface area contributed by atoms with Crippen LogP contribution in [0.3, 0.4) is 0 Å². The third-order valence-corrected chi connectivity index (χ3v) is 2.26. The predicted molar refractivity (Wildman–Crippen MR) is 61.8 cm³/mol. The van der Waals surface area contributed by atoms with E-state index in [4.69, 9.17) is 0 Å². The first-order valence-corrected chi connectivity index (χ1v) is 5.16. The molecule has 0 spiro atoms. The van der Waals surface area contributed by atoms with E-state index >= 15 is 0 Å². The summed E-state index contributed by atoms with van der Waals surface area (Å²) in [5, 5.41) is 0. The van der Waals surface area contributed by atoms with Crippen molar-refractivity contribution in [3.05, 3.63) is 36.7 Å². The van der Waals surface area contributed by atoms with Gasteiger partial charge in [0.1, 0.15) is 12.0 Å². The van der Waals surface area contributed by atoms with Crippen LogP contribution in [0.5, 0.6) is 0 Å². The van der Waals surface area contributed by atoms with E-state index in [-0.39, 0.29) is 5.41 Å². The molecule has 0 radical (unpaired) electrons. The average molecular weight is 214 g/mol. The largest absolute Gasteiger partial charge is 0.261 e. The van der Waals surface area contributed by atoms with E-state index in [0.29, 0.717) is 0 Å². The summed E-state index contributed by atoms with van der Waals surface area (Å²) in [7, 11) is 0. The van der Waals surface area contributed by atoms with Crippen molar-refractivity contribution in [2.45, 2.75) is 26.2 Å². The number of aromatic nitrogens is 4. The van der Waals surface area contributed by atoms with Crippen LogP contribution < -0.4 is 0 Å². The molecule has 0 aliphatic heterocycles. The minimum absolute atomic E-state index is 0.0138. The van der Waals surface area contributed by atoms with Crippen LogP contribution in [0.25, 0.3) is 11.4 Å². The fourth-order valence-corrected chi connectivity index (χ4v) is 1.34. The van der Waals surface area contributed by atoms with Gasteiger partial charge >= 0.3 is 0 Å². The second-order valence-corrected chi connectivity index (χ2v) is 4.63. The van der Waals surface area contributed by atoms with Crippen LogP contribution >= 0.6 is 0 Å². The zero-order chi connectivity index (χ0) is 11.6. The minimum Gasteiger partial charge on any atom is -0.261 e. The average Bonchev–Trinajstić information content (AvgIpc) is 2.29. The lowest BCUT2D eigenvalue weighted by molar-refractivity contribution is 0.567. The van der Waals surface area contributed by atoms with Crippen molar-refractivity contribution < 1.29 is 0 Å². The van der Waals surface area contributed by atoms with Gasteiger partial charge in [-0.1, -0.05) is 20.8 Å². The van der Waals surface area contributed by atoms with Gasteiger partial charge in [0, 0.05) is 23.5 Å². The van der Waals surface area contributed by atoms with Crippen LogP contribution in [0, 0.1) is 0 Å². The van der Waals surface area contributed by atoms with Crippen LogP contribution in [-0.2, 0) is 5.41 Å². The highest BCUT2D eigenvalue weighted by Crippen LogP contribution is 2.22. The number of rotatable bonds is 1. The van der Waals surface area contributed by atoms with Crippen molar-refractivity contribution in [3.63, 3.8) is 0 Å². The quantitative estimate of drug-likeness (QED) is 0.730. The molecule has 0 aliphatic carbocycles. The van der Waals surface area contributed by atoms with Gasteiger partial charge in [-0.05, 0) is 6.07 Å². The topological polar surface area (TPSA) is 51.6 Å². The zero-order valence-electron chi connectivity index (χ0n) is 9.68. The maximum Gasteiger partial charge on any atom is 0.116 e. The summed E-state index contributed by atoms with van der Waals surface area (Å²) in [6.45, 7) is 6.36. The summed E-state index contributed by atoms with van der Waals surface area (Å²) in [5.41, 5.74) is 2.60. The summed E-state index contributed by atoms with van der Waals surface area (Å²) in [5.74, 6) is 0. The van der Waals surface area contributed by atoms with Gasteiger partial charge in [-0.25, -0.2) is 9.97 Å². The van der Waals surface area contributed by atoms with E-state index in [1.165, 1.54) is 0 Å². The van der Waals surface area contributed by atoms with Crippen molar-refractivity contribution in [2.75, 3.05) is 0 Å². The van der Waals surface area contributed by atoms with E-state index in [0.717, 1.165) is 17.1 Å². The lowest BCUT2D eigenvalue weighted by Crippen LogP contribution is -2.13. The molecule has 0 saturated heterocycles. The van der Waals surface area contributed by atoms with Crippen LogP contribution in [0.15, 0.2) is 31.0 Å². The third kappa shape index (κ3) is 2.21. The molecule has 0 amide bonds. The Labute approximate surface area is 94.8 Å². The number of hydrogen-bond acceptors (Lipinski definition) is 4. The third-order valence-electron chi connectivity index (χ3n) is 2.26. The van der Waals surface area contributed by atoms with Gasteiger partial charge in [0.2, 0.25) is 0 Å². The molecule has 0 unspecified atom stereocenters. The van der Waals surface area contributed by atoms with Gasteiger partial charge in [0.05, 0.1) is 11.9 Å². The first kappa shape index (κ1) is 10.7. The smallest absolute Gasteiger partial charge is 0.116 e. The van der Waals surface area contributed by atoms with Crippen molar-refractivity contribution >= 4 is 0 Å². The summed E-state index contributed by atoms with van der Waals surface area (Å²) >= 11 is 0. The molecule has 0 fully saturated rings. The predicted octanol–water partition coefficient (Wildman–Crippen LogP) is 2.23. The van der Waals surface area contributed by atoms with Gasteiger partial charge < -0.3 is 0 Å². The summed E-state index contributed by atoms with van der Waals surface area (Å²) < 4.78 is 0. The SMILES string of the molecule is CC(C)(C)c1cc(-c2cnccn2)ncn1. The Bertz CT molecular complexity index is 474. The zero-order valence-corrected chi connectivity index (χ0v) is 9.68. The van der Waals surface area contributed by atoms with Crippen LogP contribution in [-0.4, -0.2) is 19.9 Å². The Kier molecular flexibility index (Phi) is 2.64. The van der Waals surface area contributed by atoms with E-state index in [2.05, 4.69) is 40.7 Å². The Balaban J connectivity index is 2.45. The second kappa shape index (κ2) is 3.96. The Morgan fingerprint density at radius 1 is 0.938 bits per heavy atom. The lowest BCUT2D eigenvalue weighted by Gasteiger charge is -2.17. The second-order valence-electron chi connectivity index (χ2n) is 4.63. The Hall–Kier alpha value is -1.84. The standard InChI is InChI=1S/C12H14N4/c1-12(2,3)11-6-9(15-8-16-11)10-7-13-4-5-14-10/h4-8H,1-3H3. The van der Waals surface area contributed by atoms with Crippen molar-refractivity contribution in [1.82, 2.24) is 19.9 Å². The number of hydrogen-bond donors (Lipinski definition) is 0. The molecule has 0 aliphatic rings. The fourth-order valence-electron chi connectivity index (χ4n) is 1.34. The van der Waals surface area contributed by atoms with Gasteiger partial charge in [0.15, 0.2) is 0 Å². The molecular formula is C12H14N4. The van der Waals surface area contributed by atoms with E-state index in [9.17, 15) is 0 Å². The summed E-state index contributed by atoms with van der Waals surface area (Å²) in [6.07, 6.45) is 6.59. The van der Waals surface area contributed by atoms with Crippen molar-refractivity contribution in [1.29, 1.82) is 0 Å². The molecule has 2 heterocycles. The molecule has 0 saturated carbocycles. The molecule has 82 valence electrons. The molecular weight excluding hydrogens is 200 g/mol. The minimum atomic E-state index is 0.0138. The highest BCUT2D eigenvalue weighted by Gasteiger charge is 2.16. The Morgan fingerprint density at radius 2 is 1.75 bits per heavy atom. The van der Waals surface area contributed by atoms with Gasteiger partial charge in [0.25, 0.3) is 0 Å². The fraction of sp³-hybridized carbons (Fsp3) is 0.333. The van der Waals surface area contributed by atoms with Crippen LogP contribution in [0.2, 0.25) is 0 Å². The molecule has 2 aromatic heterocycles. The number of nitrogens with zero attached hydrogens (tertiary/aromatic N) is 4. The van der Waals surface area contributed by atoms with Crippen molar-refractivity contribution in [3.8, 4) is 11.4 Å². The highest BCUT2D eigenvalue weighted by atomic mass is 14.9. The maximum atomic E-state index is 4.28. The molecule has 4 heteroatoms. The molecule has 2 rings (SSSR count). The molecule has 0 aromatic carbocycles. The van der Waals surface area contributed by atoms with Gasteiger partial charge in [-0.3, -0.25) is 9.97 Å². The van der Waals surface area contributed by atoms with E-state index < -0.39 is 0 Å². The Morgan fingerprint density at radius 3 is 2.38 bits per heavy atom. The molecule has 0 atom stereocenters. The van der Waals surface area contributed by atoms with Crippen LogP contribution in [0.1, 0.15) is 26.5 Å². The van der Waals surface area contributed by atoms with E-state index in [1.807, 2.05) is 6.07 Å². The van der Waals surface area contributed by atoms with Crippen molar-refractivity contribution in [2.24, 2.45) is 0 Å². The lowest BCUT2D eigenvalue weighted by atomic mass is 9.91. The molecule has 2 aromatic rings. The summed E-state index contributed by atoms with van der Waals surface area (Å²) in [6, 6.07) is 1.96. The highest BCUT2D eigenvalue weighted by molar-refractivity contribution is 5.52. The molecule has 0 N–H and O–H groups in total. The van der Waals surface area contributed by atoms with E-state index in [1.54, 1.807) is 24.9 Å². The van der Waals surface area contributed by atoms with Gasteiger partial charge in [-0.2, -0.15) is 0 Å². The molecule has 16 heavy (non-hydrogen) atoms. The normalized spacial score (nSPS) is 11.4. The maximum absolute atomic E-state index is 4.28. The monoisotopic (exact) mass is 214 g/mol. The molecule has 4 nitrogen and oxygen atoms in total. The van der Waals surface area contributed by atoms with Crippen LogP contribution in [0.4, 0.5) is 0 Å². The van der Waals surface area contributed by atoms with Gasteiger partial charge in [-0.15, -0.1) is 0 Å². The first-order valence-electron chi connectivity index (χ1n) is 5.16. The summed E-state index contributed by atoms with van der Waals surface area (Å²) in [4.78, 5) is 16.7. The molecule has 0 bridgehead atoms.